The number of benzene rings is 1. The highest BCUT2D eigenvalue weighted by Gasteiger charge is 2.02. The first kappa shape index (κ1) is 8.50. The van der Waals surface area contributed by atoms with E-state index in [-0.39, 0.29) is 11.3 Å². The number of aromatic amines is 1. The van der Waals surface area contributed by atoms with Crippen molar-refractivity contribution in [3.63, 3.8) is 0 Å². The lowest BCUT2D eigenvalue weighted by Gasteiger charge is -1.99. The molecule has 0 fully saturated rings. The van der Waals surface area contributed by atoms with Crippen molar-refractivity contribution in [2.75, 3.05) is 0 Å². The van der Waals surface area contributed by atoms with Crippen molar-refractivity contribution in [2.24, 2.45) is 0 Å². The van der Waals surface area contributed by atoms with E-state index >= 15 is 0 Å². The minimum absolute atomic E-state index is 0.238. The predicted octanol–water partition coefficient (Wildman–Crippen LogP) is 0.978. The third-order valence-electron chi connectivity index (χ3n) is 1.88. The topological polar surface area (TPSA) is 54.9 Å². The Morgan fingerprint density at radius 2 is 1.93 bits per heavy atom. The van der Waals surface area contributed by atoms with Crippen LogP contribution in [-0.4, -0.2) is 16.1 Å². The molecule has 1 N–H and O–H groups in total. The van der Waals surface area contributed by atoms with Crippen LogP contribution in [0.3, 0.4) is 0 Å². The highest BCUT2D eigenvalue weighted by atomic mass is 16.1. The fourth-order valence-corrected chi connectivity index (χ4v) is 1.24. The number of carbonyl (C=O) groups is 1. The predicted molar refractivity (Wildman–Crippen MR) is 51.8 cm³/mol. The molecule has 1 aromatic heterocycles. The minimum atomic E-state index is -0.238. The molecule has 0 atom stereocenters. The molecule has 1 aromatic carbocycles. The molecule has 1 heterocycles. The number of rotatable bonds is 2. The summed E-state index contributed by atoms with van der Waals surface area (Å²) in [4.78, 5) is 21.8. The average molecular weight is 188 g/mol. The van der Waals surface area contributed by atoms with Gasteiger partial charge in [-0.3, -0.25) is 14.7 Å². The summed E-state index contributed by atoms with van der Waals surface area (Å²) in [6, 6.07) is 10.3. The normalized spacial score (nSPS) is 10.0. The van der Waals surface area contributed by atoms with E-state index in [4.69, 9.17) is 0 Å². The van der Waals surface area contributed by atoms with Crippen LogP contribution in [0.15, 0.2) is 41.2 Å². The van der Waals surface area contributed by atoms with Crippen LogP contribution in [0.1, 0.15) is 10.5 Å². The van der Waals surface area contributed by atoms with Gasteiger partial charge in [0.15, 0.2) is 6.29 Å². The van der Waals surface area contributed by atoms with Crippen LogP contribution in [-0.2, 0) is 0 Å². The van der Waals surface area contributed by atoms with Gasteiger partial charge < -0.3 is 0 Å². The number of nitrogens with zero attached hydrogens (tertiary/aromatic N) is 1. The van der Waals surface area contributed by atoms with Crippen molar-refractivity contribution in [3.8, 4) is 5.69 Å². The molecule has 0 saturated heterocycles. The minimum Gasteiger partial charge on any atom is -0.296 e. The van der Waals surface area contributed by atoms with Crippen LogP contribution < -0.4 is 5.56 Å². The summed E-state index contributed by atoms with van der Waals surface area (Å²) in [5.41, 5.74) is 0.753. The number of hydrogen-bond acceptors (Lipinski definition) is 2. The molecule has 0 amide bonds. The van der Waals surface area contributed by atoms with E-state index < -0.39 is 0 Å². The fourth-order valence-electron chi connectivity index (χ4n) is 1.24. The van der Waals surface area contributed by atoms with Gasteiger partial charge in [0.05, 0.1) is 11.4 Å². The second kappa shape index (κ2) is 3.33. The molecule has 0 saturated carbocycles. The molecule has 0 radical (unpaired) electrons. The quantitative estimate of drug-likeness (QED) is 0.714. The summed E-state index contributed by atoms with van der Waals surface area (Å²) in [5, 5.41) is 2.68. The molecule has 0 spiro atoms. The number of para-hydroxylation sites is 1. The van der Waals surface area contributed by atoms with E-state index in [1.165, 1.54) is 10.7 Å². The molecular formula is C10H8N2O2. The Labute approximate surface area is 79.8 Å². The molecule has 70 valence electrons. The summed E-state index contributed by atoms with van der Waals surface area (Å²) < 4.78 is 1.32. The van der Waals surface area contributed by atoms with E-state index in [2.05, 4.69) is 5.10 Å². The Balaban J connectivity index is 2.57. The van der Waals surface area contributed by atoms with Gasteiger partial charge in [0.25, 0.3) is 5.56 Å². The lowest BCUT2D eigenvalue weighted by atomic mass is 10.3. The van der Waals surface area contributed by atoms with Gasteiger partial charge in [0.2, 0.25) is 0 Å². The van der Waals surface area contributed by atoms with E-state index in [0.717, 1.165) is 0 Å². The number of carbonyl (C=O) groups excluding carboxylic acids is 1. The maximum absolute atomic E-state index is 11.4. The molecule has 2 rings (SSSR count). The molecule has 4 nitrogen and oxygen atoms in total. The first-order chi connectivity index (χ1) is 6.81. The molecule has 14 heavy (non-hydrogen) atoms. The smallest absolute Gasteiger partial charge is 0.271 e. The lowest BCUT2D eigenvalue weighted by molar-refractivity contribution is 0.111. The second-order valence-corrected chi connectivity index (χ2v) is 2.84. The van der Waals surface area contributed by atoms with Gasteiger partial charge in [-0.1, -0.05) is 18.2 Å². The zero-order valence-corrected chi connectivity index (χ0v) is 7.31. The second-order valence-electron chi connectivity index (χ2n) is 2.84. The largest absolute Gasteiger partial charge is 0.296 e. The Morgan fingerprint density at radius 3 is 2.50 bits per heavy atom. The first-order valence-electron chi connectivity index (χ1n) is 4.14. The zero-order chi connectivity index (χ0) is 9.97. The number of nitrogens with one attached hydrogen (secondary N) is 1. The molecule has 0 bridgehead atoms. The monoisotopic (exact) mass is 188 g/mol. The molecule has 4 heteroatoms. The average Bonchev–Trinajstić information content (AvgIpc) is 2.61. The van der Waals surface area contributed by atoms with Crippen molar-refractivity contribution in [2.45, 2.75) is 0 Å². The van der Waals surface area contributed by atoms with Crippen LogP contribution >= 0.6 is 0 Å². The van der Waals surface area contributed by atoms with Crippen LogP contribution in [0.2, 0.25) is 0 Å². The van der Waals surface area contributed by atoms with Gasteiger partial charge in [-0.15, -0.1) is 0 Å². The SMILES string of the molecule is O=Cc1cc(=O)n(-c2ccccc2)[nH]1. The number of aromatic nitrogens is 2. The number of hydrogen-bond donors (Lipinski definition) is 1. The third-order valence-corrected chi connectivity index (χ3v) is 1.88. The third kappa shape index (κ3) is 1.37. The van der Waals surface area contributed by atoms with Crippen LogP contribution in [0, 0.1) is 0 Å². The molecule has 0 aliphatic carbocycles. The van der Waals surface area contributed by atoms with Crippen molar-refractivity contribution in [1.29, 1.82) is 0 Å². The van der Waals surface area contributed by atoms with Crippen molar-refractivity contribution >= 4 is 6.29 Å². The van der Waals surface area contributed by atoms with Gasteiger partial charge in [0.1, 0.15) is 0 Å². The Kier molecular flexibility index (Phi) is 2.02. The van der Waals surface area contributed by atoms with E-state index in [0.29, 0.717) is 12.0 Å². The maximum atomic E-state index is 11.4. The Morgan fingerprint density at radius 1 is 1.21 bits per heavy atom. The Hall–Kier alpha value is -2.10. The molecular weight excluding hydrogens is 180 g/mol. The van der Waals surface area contributed by atoms with Crippen molar-refractivity contribution in [1.82, 2.24) is 9.78 Å². The summed E-state index contributed by atoms with van der Waals surface area (Å²) in [6.07, 6.45) is 0.612. The van der Waals surface area contributed by atoms with Crippen molar-refractivity contribution in [3.05, 3.63) is 52.4 Å². The zero-order valence-electron chi connectivity index (χ0n) is 7.31. The fraction of sp³-hybridized carbons (Fsp3) is 0. The van der Waals surface area contributed by atoms with Crippen LogP contribution in [0.4, 0.5) is 0 Å². The van der Waals surface area contributed by atoms with Gasteiger partial charge in [0, 0.05) is 6.07 Å². The standard InChI is InChI=1S/C10H8N2O2/c13-7-8-6-10(14)12(11-8)9-4-2-1-3-5-9/h1-7,11H. The summed E-state index contributed by atoms with van der Waals surface area (Å²) in [7, 11) is 0. The molecule has 0 aliphatic heterocycles. The van der Waals surface area contributed by atoms with E-state index in [9.17, 15) is 9.59 Å². The van der Waals surface area contributed by atoms with Crippen molar-refractivity contribution < 1.29 is 4.79 Å². The summed E-state index contributed by atoms with van der Waals surface area (Å²) >= 11 is 0. The van der Waals surface area contributed by atoms with Gasteiger partial charge in [-0.05, 0) is 12.1 Å². The van der Waals surface area contributed by atoms with E-state index in [1.807, 2.05) is 18.2 Å². The molecule has 0 unspecified atom stereocenters. The van der Waals surface area contributed by atoms with E-state index in [1.54, 1.807) is 12.1 Å². The first-order valence-corrected chi connectivity index (χ1v) is 4.14. The summed E-state index contributed by atoms with van der Waals surface area (Å²) in [6.45, 7) is 0. The molecule has 2 aromatic rings. The molecule has 0 aliphatic rings. The highest BCUT2D eigenvalue weighted by Crippen LogP contribution is 2.02. The number of aldehydes is 1. The maximum Gasteiger partial charge on any atom is 0.271 e. The highest BCUT2D eigenvalue weighted by molar-refractivity contribution is 5.71. The van der Waals surface area contributed by atoms with Crippen LogP contribution in [0.5, 0.6) is 0 Å². The number of H-pyrrole nitrogens is 1. The Bertz CT molecular complexity index is 496. The lowest BCUT2D eigenvalue weighted by Crippen LogP contribution is -2.12. The van der Waals surface area contributed by atoms with Crippen LogP contribution in [0.25, 0.3) is 5.69 Å². The van der Waals surface area contributed by atoms with Gasteiger partial charge >= 0.3 is 0 Å². The van der Waals surface area contributed by atoms with Gasteiger partial charge in [-0.25, -0.2) is 4.68 Å². The summed E-state index contributed by atoms with van der Waals surface area (Å²) in [5.74, 6) is 0. The van der Waals surface area contributed by atoms with Gasteiger partial charge in [-0.2, -0.15) is 0 Å².